The standard InChI is InChI=1S/C16H35NO/c1-6-9-10-16(8-3,14-17-12-7-2)11-13-18-15(4)5/h15,17H,6-14H2,1-5H3. The summed E-state index contributed by atoms with van der Waals surface area (Å²) in [5.74, 6) is 0. The van der Waals surface area contributed by atoms with E-state index >= 15 is 0 Å². The zero-order chi connectivity index (χ0) is 13.9. The fourth-order valence-corrected chi connectivity index (χ4v) is 2.37. The second-order valence-corrected chi connectivity index (χ2v) is 5.80. The zero-order valence-corrected chi connectivity index (χ0v) is 13.3. The Morgan fingerprint density at radius 3 is 2.28 bits per heavy atom. The van der Waals surface area contributed by atoms with Gasteiger partial charge in [-0.3, -0.25) is 0 Å². The van der Waals surface area contributed by atoms with Crippen LogP contribution in [0.3, 0.4) is 0 Å². The first-order chi connectivity index (χ1) is 8.60. The largest absolute Gasteiger partial charge is 0.379 e. The van der Waals surface area contributed by atoms with Gasteiger partial charge in [0.25, 0.3) is 0 Å². The maximum absolute atomic E-state index is 5.76. The van der Waals surface area contributed by atoms with Crippen LogP contribution in [0.1, 0.15) is 73.1 Å². The van der Waals surface area contributed by atoms with Crippen LogP contribution >= 0.6 is 0 Å². The SMILES string of the molecule is CCCCC(CC)(CCOC(C)C)CNCCC. The number of unbranched alkanes of at least 4 members (excludes halogenated alkanes) is 1. The molecule has 1 N–H and O–H groups in total. The molecule has 18 heavy (non-hydrogen) atoms. The monoisotopic (exact) mass is 257 g/mol. The first kappa shape index (κ1) is 17.9. The average molecular weight is 257 g/mol. The summed E-state index contributed by atoms with van der Waals surface area (Å²) in [5, 5.41) is 3.62. The number of nitrogens with one attached hydrogen (secondary N) is 1. The lowest BCUT2D eigenvalue weighted by Crippen LogP contribution is -2.35. The molecule has 0 aromatic carbocycles. The predicted octanol–water partition coefficient (Wildman–Crippen LogP) is 4.39. The number of rotatable bonds is 12. The number of ether oxygens (including phenoxy) is 1. The summed E-state index contributed by atoms with van der Waals surface area (Å²) in [7, 11) is 0. The topological polar surface area (TPSA) is 21.3 Å². The second kappa shape index (κ2) is 10.8. The average Bonchev–Trinajstić information content (AvgIpc) is 2.35. The van der Waals surface area contributed by atoms with Crippen molar-refractivity contribution < 1.29 is 4.74 Å². The van der Waals surface area contributed by atoms with Crippen molar-refractivity contribution in [2.24, 2.45) is 5.41 Å². The van der Waals surface area contributed by atoms with Crippen LogP contribution in [-0.2, 0) is 4.74 Å². The van der Waals surface area contributed by atoms with Gasteiger partial charge in [-0.05, 0) is 51.5 Å². The van der Waals surface area contributed by atoms with Gasteiger partial charge in [-0.15, -0.1) is 0 Å². The minimum Gasteiger partial charge on any atom is -0.379 e. The molecule has 0 aliphatic heterocycles. The normalized spacial score (nSPS) is 15.0. The van der Waals surface area contributed by atoms with Gasteiger partial charge in [0.1, 0.15) is 0 Å². The van der Waals surface area contributed by atoms with E-state index in [-0.39, 0.29) is 0 Å². The molecule has 0 saturated heterocycles. The van der Waals surface area contributed by atoms with E-state index in [0.29, 0.717) is 11.5 Å². The third kappa shape index (κ3) is 8.10. The van der Waals surface area contributed by atoms with Crippen LogP contribution in [0.4, 0.5) is 0 Å². The fraction of sp³-hybridized carbons (Fsp3) is 1.00. The van der Waals surface area contributed by atoms with Gasteiger partial charge in [-0.2, -0.15) is 0 Å². The van der Waals surface area contributed by atoms with Gasteiger partial charge in [-0.1, -0.05) is 33.6 Å². The van der Waals surface area contributed by atoms with E-state index < -0.39 is 0 Å². The molecule has 110 valence electrons. The van der Waals surface area contributed by atoms with Crippen molar-refractivity contribution in [2.75, 3.05) is 19.7 Å². The minimum absolute atomic E-state index is 0.356. The molecule has 1 unspecified atom stereocenters. The molecule has 0 radical (unpaired) electrons. The molecule has 0 aliphatic rings. The highest BCUT2D eigenvalue weighted by Gasteiger charge is 2.26. The maximum Gasteiger partial charge on any atom is 0.0518 e. The Morgan fingerprint density at radius 1 is 1.06 bits per heavy atom. The van der Waals surface area contributed by atoms with Crippen LogP contribution in [0.5, 0.6) is 0 Å². The van der Waals surface area contributed by atoms with Gasteiger partial charge in [0.05, 0.1) is 6.10 Å². The summed E-state index contributed by atoms with van der Waals surface area (Å²) >= 11 is 0. The van der Waals surface area contributed by atoms with Crippen LogP contribution in [-0.4, -0.2) is 25.8 Å². The Balaban J connectivity index is 4.24. The smallest absolute Gasteiger partial charge is 0.0518 e. The van der Waals surface area contributed by atoms with E-state index in [2.05, 4.69) is 39.9 Å². The summed E-state index contributed by atoms with van der Waals surface area (Å²) in [4.78, 5) is 0. The lowest BCUT2D eigenvalue weighted by Gasteiger charge is -2.33. The van der Waals surface area contributed by atoms with Gasteiger partial charge in [0.2, 0.25) is 0 Å². The molecule has 0 aromatic rings. The van der Waals surface area contributed by atoms with Gasteiger partial charge in [0, 0.05) is 13.2 Å². The van der Waals surface area contributed by atoms with E-state index in [4.69, 9.17) is 4.74 Å². The Bertz CT molecular complexity index is 182. The van der Waals surface area contributed by atoms with Crippen LogP contribution < -0.4 is 5.32 Å². The summed E-state index contributed by atoms with van der Waals surface area (Å²) < 4.78 is 5.76. The molecular formula is C16H35NO. The Kier molecular flexibility index (Phi) is 10.8. The van der Waals surface area contributed by atoms with E-state index in [1.165, 1.54) is 38.5 Å². The second-order valence-electron chi connectivity index (χ2n) is 5.80. The molecular weight excluding hydrogens is 222 g/mol. The van der Waals surface area contributed by atoms with Crippen LogP contribution in [0.25, 0.3) is 0 Å². The molecule has 2 heteroatoms. The highest BCUT2D eigenvalue weighted by molar-refractivity contribution is 4.80. The molecule has 0 saturated carbocycles. The molecule has 0 bridgehead atoms. The summed E-state index contributed by atoms with van der Waals surface area (Å²) in [6.07, 6.45) is 7.98. The van der Waals surface area contributed by atoms with E-state index in [1.807, 2.05) is 0 Å². The van der Waals surface area contributed by atoms with Crippen molar-refractivity contribution in [3.05, 3.63) is 0 Å². The summed E-state index contributed by atoms with van der Waals surface area (Å²) in [5.41, 5.74) is 0.445. The lowest BCUT2D eigenvalue weighted by molar-refractivity contribution is 0.0459. The van der Waals surface area contributed by atoms with Crippen molar-refractivity contribution in [3.63, 3.8) is 0 Å². The van der Waals surface area contributed by atoms with E-state index in [0.717, 1.165) is 19.7 Å². The van der Waals surface area contributed by atoms with E-state index in [9.17, 15) is 0 Å². The molecule has 0 aliphatic carbocycles. The van der Waals surface area contributed by atoms with Crippen LogP contribution in [0.15, 0.2) is 0 Å². The highest BCUT2D eigenvalue weighted by Crippen LogP contribution is 2.32. The van der Waals surface area contributed by atoms with Crippen molar-refractivity contribution in [2.45, 2.75) is 79.2 Å². The first-order valence-corrected chi connectivity index (χ1v) is 7.92. The Hall–Kier alpha value is -0.0800. The quantitative estimate of drug-likeness (QED) is 0.524. The highest BCUT2D eigenvalue weighted by atomic mass is 16.5. The van der Waals surface area contributed by atoms with Crippen molar-refractivity contribution >= 4 is 0 Å². The molecule has 0 spiro atoms. The lowest BCUT2D eigenvalue weighted by atomic mass is 9.77. The first-order valence-electron chi connectivity index (χ1n) is 7.92. The summed E-state index contributed by atoms with van der Waals surface area (Å²) in [6.45, 7) is 14.3. The Labute approximate surface area is 115 Å². The number of hydrogen-bond acceptors (Lipinski definition) is 2. The van der Waals surface area contributed by atoms with Crippen molar-refractivity contribution in [1.82, 2.24) is 5.32 Å². The van der Waals surface area contributed by atoms with Gasteiger partial charge in [-0.25, -0.2) is 0 Å². The van der Waals surface area contributed by atoms with Crippen LogP contribution in [0, 0.1) is 5.41 Å². The fourth-order valence-electron chi connectivity index (χ4n) is 2.37. The number of hydrogen-bond donors (Lipinski definition) is 1. The maximum atomic E-state index is 5.76. The van der Waals surface area contributed by atoms with Crippen molar-refractivity contribution in [3.8, 4) is 0 Å². The van der Waals surface area contributed by atoms with E-state index in [1.54, 1.807) is 0 Å². The zero-order valence-electron chi connectivity index (χ0n) is 13.3. The van der Waals surface area contributed by atoms with Crippen molar-refractivity contribution in [1.29, 1.82) is 0 Å². The summed E-state index contributed by atoms with van der Waals surface area (Å²) in [6, 6.07) is 0. The predicted molar refractivity (Wildman–Crippen MR) is 81.1 cm³/mol. The van der Waals surface area contributed by atoms with Gasteiger partial charge >= 0.3 is 0 Å². The molecule has 0 rings (SSSR count). The minimum atomic E-state index is 0.356. The molecule has 0 heterocycles. The third-order valence-electron chi connectivity index (χ3n) is 3.82. The molecule has 0 aromatic heterocycles. The molecule has 1 atom stereocenters. The molecule has 0 fully saturated rings. The molecule has 2 nitrogen and oxygen atoms in total. The van der Waals surface area contributed by atoms with Gasteiger partial charge < -0.3 is 10.1 Å². The van der Waals surface area contributed by atoms with Gasteiger partial charge in [0.15, 0.2) is 0 Å². The third-order valence-corrected chi connectivity index (χ3v) is 3.82. The van der Waals surface area contributed by atoms with Crippen LogP contribution in [0.2, 0.25) is 0 Å². The molecule has 0 amide bonds. The Morgan fingerprint density at radius 2 is 1.78 bits per heavy atom.